The van der Waals surface area contributed by atoms with Crippen molar-refractivity contribution in [3.8, 4) is 0 Å². The maximum atomic E-state index is 4.71. The lowest BCUT2D eigenvalue weighted by Gasteiger charge is -2.18. The van der Waals surface area contributed by atoms with Crippen LogP contribution >= 0.6 is 11.3 Å². The number of hydrogen-bond donors (Lipinski definition) is 1. The Morgan fingerprint density at radius 1 is 1.22 bits per heavy atom. The summed E-state index contributed by atoms with van der Waals surface area (Å²) < 4.78 is 2.06. The summed E-state index contributed by atoms with van der Waals surface area (Å²) in [5.74, 6) is 1.49. The minimum Gasteiger partial charge on any atom is -0.336 e. The molecule has 4 nitrogen and oxygen atoms in total. The summed E-state index contributed by atoms with van der Waals surface area (Å²) in [7, 11) is 2.03. The number of benzene rings is 1. The summed E-state index contributed by atoms with van der Waals surface area (Å²) >= 11 is 1.73. The Kier molecular flexibility index (Phi) is 4.88. The molecular formula is C18H22N4S. The highest BCUT2D eigenvalue weighted by Gasteiger charge is 2.18. The smallest absolute Gasteiger partial charge is 0.130 e. The first kappa shape index (κ1) is 15.9. The second-order valence-electron chi connectivity index (χ2n) is 5.95. The van der Waals surface area contributed by atoms with Crippen LogP contribution in [0.5, 0.6) is 0 Å². The molecule has 0 saturated carbocycles. The zero-order valence-corrected chi connectivity index (χ0v) is 14.5. The molecule has 2 aromatic heterocycles. The topological polar surface area (TPSA) is 42.7 Å². The second kappa shape index (κ2) is 7.06. The molecule has 1 N–H and O–H groups in total. The van der Waals surface area contributed by atoms with Crippen molar-refractivity contribution in [2.75, 3.05) is 0 Å². The van der Waals surface area contributed by atoms with Gasteiger partial charge in [0.15, 0.2) is 0 Å². The minimum atomic E-state index is 0.0559. The van der Waals surface area contributed by atoms with Crippen LogP contribution in [0.4, 0.5) is 0 Å². The predicted octanol–water partition coefficient (Wildman–Crippen LogP) is 3.88. The number of aryl methyl sites for hydroxylation is 1. The molecule has 0 amide bonds. The quantitative estimate of drug-likeness (QED) is 0.747. The zero-order valence-electron chi connectivity index (χ0n) is 13.7. The van der Waals surface area contributed by atoms with Crippen LogP contribution in [0.2, 0.25) is 0 Å². The zero-order chi connectivity index (χ0) is 16.2. The van der Waals surface area contributed by atoms with Gasteiger partial charge in [-0.25, -0.2) is 9.97 Å². The fourth-order valence-electron chi connectivity index (χ4n) is 2.53. The van der Waals surface area contributed by atoms with Crippen LogP contribution in [-0.2, 0) is 13.6 Å². The van der Waals surface area contributed by atoms with E-state index >= 15 is 0 Å². The van der Waals surface area contributed by atoms with Gasteiger partial charge in [0.25, 0.3) is 0 Å². The predicted molar refractivity (Wildman–Crippen MR) is 94.5 cm³/mol. The molecule has 1 atom stereocenters. The maximum absolute atomic E-state index is 4.71. The molecule has 0 radical (unpaired) electrons. The Morgan fingerprint density at radius 2 is 2.00 bits per heavy atom. The molecule has 0 aliphatic rings. The summed E-state index contributed by atoms with van der Waals surface area (Å²) in [4.78, 5) is 9.23. The normalized spacial score (nSPS) is 12.7. The van der Waals surface area contributed by atoms with Gasteiger partial charge in [0.2, 0.25) is 0 Å². The highest BCUT2D eigenvalue weighted by atomic mass is 32.1. The fraction of sp³-hybridized carbons (Fsp3) is 0.333. The number of nitrogens with one attached hydrogen (secondary N) is 1. The van der Waals surface area contributed by atoms with Crippen molar-refractivity contribution in [1.82, 2.24) is 19.9 Å². The molecule has 5 heteroatoms. The first-order valence-corrected chi connectivity index (χ1v) is 8.73. The molecule has 0 aliphatic carbocycles. The standard InChI is InChI=1S/C18H22N4S/c1-13(2)18-21-15(12-23-18)11-20-16(14-7-5-4-6-8-14)17-19-9-10-22(17)3/h4-10,12-13,16,20H,11H2,1-3H3/t16-/m1/s1. The Balaban J connectivity index is 1.80. The van der Waals surface area contributed by atoms with Crippen molar-refractivity contribution in [3.05, 3.63) is 70.2 Å². The SMILES string of the molecule is CC(C)c1nc(CN[C@H](c2ccccc2)c2nccn2C)cs1. The lowest BCUT2D eigenvalue weighted by Crippen LogP contribution is -2.25. The number of imidazole rings is 1. The van der Waals surface area contributed by atoms with E-state index in [-0.39, 0.29) is 6.04 Å². The van der Waals surface area contributed by atoms with Gasteiger partial charge >= 0.3 is 0 Å². The van der Waals surface area contributed by atoms with Crippen LogP contribution in [0, 0.1) is 0 Å². The Labute approximate surface area is 141 Å². The molecule has 23 heavy (non-hydrogen) atoms. The summed E-state index contributed by atoms with van der Waals surface area (Å²) in [5.41, 5.74) is 2.30. The fourth-order valence-corrected chi connectivity index (χ4v) is 3.37. The average molecular weight is 326 g/mol. The highest BCUT2D eigenvalue weighted by molar-refractivity contribution is 7.09. The molecule has 3 rings (SSSR count). The summed E-state index contributed by atoms with van der Waals surface area (Å²) in [6.07, 6.45) is 3.82. The first-order valence-electron chi connectivity index (χ1n) is 7.85. The number of thiazole rings is 1. The summed E-state index contributed by atoms with van der Waals surface area (Å²) in [6.45, 7) is 5.09. The van der Waals surface area contributed by atoms with Crippen molar-refractivity contribution in [3.63, 3.8) is 0 Å². The number of aromatic nitrogens is 3. The molecule has 1 aromatic carbocycles. The first-order chi connectivity index (χ1) is 11.1. The van der Waals surface area contributed by atoms with E-state index in [1.54, 1.807) is 11.3 Å². The van der Waals surface area contributed by atoms with Gasteiger partial charge in [-0.2, -0.15) is 0 Å². The molecule has 0 spiro atoms. The molecule has 0 unspecified atom stereocenters. The molecule has 0 aliphatic heterocycles. The molecular weight excluding hydrogens is 304 g/mol. The van der Waals surface area contributed by atoms with Gasteiger partial charge in [0.1, 0.15) is 5.82 Å². The summed E-state index contributed by atoms with van der Waals surface area (Å²) in [6, 6.07) is 10.5. The number of rotatable bonds is 6. The Bertz CT molecular complexity index is 745. The lowest BCUT2D eigenvalue weighted by molar-refractivity contribution is 0.553. The van der Waals surface area contributed by atoms with Crippen LogP contribution < -0.4 is 5.32 Å². The molecule has 2 heterocycles. The largest absolute Gasteiger partial charge is 0.336 e. The molecule has 120 valence electrons. The molecule has 3 aromatic rings. The third-order valence-electron chi connectivity index (χ3n) is 3.80. The van der Waals surface area contributed by atoms with Gasteiger partial charge in [0.05, 0.1) is 16.7 Å². The third kappa shape index (κ3) is 3.68. The van der Waals surface area contributed by atoms with Crippen molar-refractivity contribution in [1.29, 1.82) is 0 Å². The molecule has 0 bridgehead atoms. The van der Waals surface area contributed by atoms with Crippen LogP contribution in [-0.4, -0.2) is 14.5 Å². The van der Waals surface area contributed by atoms with E-state index in [0.29, 0.717) is 5.92 Å². The van der Waals surface area contributed by atoms with E-state index in [4.69, 9.17) is 4.98 Å². The van der Waals surface area contributed by atoms with E-state index in [2.05, 4.69) is 58.4 Å². The van der Waals surface area contributed by atoms with Gasteiger partial charge in [-0.3, -0.25) is 5.32 Å². The van der Waals surface area contributed by atoms with Gasteiger partial charge in [-0.05, 0) is 5.56 Å². The van der Waals surface area contributed by atoms with Gasteiger partial charge < -0.3 is 4.57 Å². The van der Waals surface area contributed by atoms with Crippen LogP contribution in [0.15, 0.2) is 48.1 Å². The maximum Gasteiger partial charge on any atom is 0.130 e. The van der Waals surface area contributed by atoms with E-state index in [0.717, 1.165) is 18.1 Å². The minimum absolute atomic E-state index is 0.0559. The lowest BCUT2D eigenvalue weighted by atomic mass is 10.1. The highest BCUT2D eigenvalue weighted by Crippen LogP contribution is 2.22. The summed E-state index contributed by atoms with van der Waals surface area (Å²) in [5, 5.41) is 6.94. The van der Waals surface area contributed by atoms with Crippen LogP contribution in [0.1, 0.15) is 47.9 Å². The van der Waals surface area contributed by atoms with Gasteiger partial charge in [-0.15, -0.1) is 11.3 Å². The number of nitrogens with zero attached hydrogens (tertiary/aromatic N) is 3. The van der Waals surface area contributed by atoms with Crippen molar-refractivity contribution >= 4 is 11.3 Å². The third-order valence-corrected chi connectivity index (χ3v) is 4.99. The van der Waals surface area contributed by atoms with E-state index in [1.165, 1.54) is 10.6 Å². The van der Waals surface area contributed by atoms with Crippen LogP contribution in [0.25, 0.3) is 0 Å². The van der Waals surface area contributed by atoms with Crippen molar-refractivity contribution < 1.29 is 0 Å². The molecule has 0 fully saturated rings. The number of hydrogen-bond acceptors (Lipinski definition) is 4. The second-order valence-corrected chi connectivity index (χ2v) is 6.84. The Morgan fingerprint density at radius 3 is 2.61 bits per heavy atom. The molecule has 0 saturated heterocycles. The van der Waals surface area contributed by atoms with E-state index in [1.807, 2.05) is 25.5 Å². The average Bonchev–Trinajstić information content (AvgIpc) is 3.19. The monoisotopic (exact) mass is 326 g/mol. The van der Waals surface area contributed by atoms with Crippen molar-refractivity contribution in [2.24, 2.45) is 7.05 Å². The van der Waals surface area contributed by atoms with Gasteiger partial charge in [0, 0.05) is 37.3 Å². The van der Waals surface area contributed by atoms with E-state index < -0.39 is 0 Å². The Hall–Kier alpha value is -1.98. The van der Waals surface area contributed by atoms with Gasteiger partial charge in [-0.1, -0.05) is 44.2 Å². The van der Waals surface area contributed by atoms with Crippen LogP contribution in [0.3, 0.4) is 0 Å². The van der Waals surface area contributed by atoms with Crippen molar-refractivity contribution in [2.45, 2.75) is 32.4 Å². The van der Waals surface area contributed by atoms with E-state index in [9.17, 15) is 0 Å².